The Morgan fingerprint density at radius 1 is 1.50 bits per heavy atom. The summed E-state index contributed by atoms with van der Waals surface area (Å²) in [5.41, 5.74) is 0. The summed E-state index contributed by atoms with van der Waals surface area (Å²) in [6.45, 7) is 0.537. The Hall–Kier alpha value is -0.280. The minimum atomic E-state index is -0.986. The van der Waals surface area contributed by atoms with Crippen molar-refractivity contribution in [1.82, 2.24) is 0 Å². The van der Waals surface area contributed by atoms with E-state index in [0.717, 1.165) is 32.0 Å². The van der Waals surface area contributed by atoms with E-state index in [0.29, 0.717) is 13.0 Å². The summed E-state index contributed by atoms with van der Waals surface area (Å²) >= 11 is 11.8. The fourth-order valence-corrected chi connectivity index (χ4v) is 2.22. The van der Waals surface area contributed by atoms with Gasteiger partial charge >= 0.3 is 5.97 Å². The molecule has 0 aromatic rings. The van der Waals surface area contributed by atoms with Crippen molar-refractivity contribution in [3.05, 3.63) is 0 Å². The summed E-state index contributed by atoms with van der Waals surface area (Å²) in [4.78, 5) is 21.6. The first kappa shape index (κ1) is 13.8. The number of carbonyl (C=O) groups excluding carboxylic acids is 2. The summed E-state index contributed by atoms with van der Waals surface area (Å²) < 4.78 is 3.97. The number of hydrogen-bond acceptors (Lipinski definition) is 3. The Morgan fingerprint density at radius 2 is 2.25 bits per heavy atom. The average molecular weight is 267 g/mol. The van der Waals surface area contributed by atoms with Gasteiger partial charge in [-0.1, -0.05) is 0 Å². The van der Waals surface area contributed by atoms with E-state index in [1.54, 1.807) is 0 Å². The fourth-order valence-electron chi connectivity index (χ4n) is 1.83. The van der Waals surface area contributed by atoms with Crippen molar-refractivity contribution >= 4 is 35.5 Å². The highest BCUT2D eigenvalue weighted by Gasteiger charge is 2.27. The van der Waals surface area contributed by atoms with E-state index < -0.39 is 4.33 Å². The molecule has 1 aliphatic heterocycles. The van der Waals surface area contributed by atoms with Crippen molar-refractivity contribution in [3.63, 3.8) is 0 Å². The Labute approximate surface area is 105 Å². The molecule has 1 unspecified atom stereocenters. The van der Waals surface area contributed by atoms with E-state index in [2.05, 4.69) is 0 Å². The molecule has 1 fully saturated rings. The zero-order valence-corrected chi connectivity index (χ0v) is 10.6. The minimum Gasteiger partial charge on any atom is -0.465 e. The zero-order chi connectivity index (χ0) is 12.0. The third kappa shape index (κ3) is 4.71. The lowest BCUT2D eigenvalue weighted by molar-refractivity contribution is -0.153. The second kappa shape index (κ2) is 6.45. The second-order valence-corrected chi connectivity index (χ2v) is 5.77. The summed E-state index contributed by atoms with van der Waals surface area (Å²) in [5, 5.41) is 0. The normalized spacial score (nSPS) is 21.6. The van der Waals surface area contributed by atoms with Gasteiger partial charge in [-0.25, -0.2) is 0 Å². The molecule has 0 saturated carbocycles. The van der Waals surface area contributed by atoms with Crippen molar-refractivity contribution in [2.45, 2.75) is 42.9 Å². The minimum absolute atomic E-state index is 0.0193. The Morgan fingerprint density at radius 3 is 2.88 bits per heavy atom. The maximum Gasteiger partial charge on any atom is 0.308 e. The molecular formula is C11H16Cl2O3. The Balaban J connectivity index is 2.23. The van der Waals surface area contributed by atoms with Gasteiger partial charge in [0.05, 0.1) is 12.5 Å². The van der Waals surface area contributed by atoms with Crippen LogP contribution < -0.4 is 0 Å². The maximum absolute atomic E-state index is 11.3. The molecule has 0 N–H and O–H groups in total. The number of ether oxygens (including phenoxy) is 1. The molecule has 1 rings (SSSR count). The van der Waals surface area contributed by atoms with E-state index in [-0.39, 0.29) is 18.3 Å². The molecule has 1 aliphatic rings. The van der Waals surface area contributed by atoms with E-state index in [9.17, 15) is 9.59 Å². The molecule has 1 atom stereocenters. The Bertz CT molecular complexity index is 254. The van der Waals surface area contributed by atoms with Gasteiger partial charge < -0.3 is 9.53 Å². The summed E-state index contributed by atoms with van der Waals surface area (Å²) in [7, 11) is 0. The topological polar surface area (TPSA) is 43.4 Å². The van der Waals surface area contributed by atoms with Gasteiger partial charge in [0.25, 0.3) is 0 Å². The van der Waals surface area contributed by atoms with Gasteiger partial charge in [-0.2, -0.15) is 0 Å². The van der Waals surface area contributed by atoms with Crippen molar-refractivity contribution < 1.29 is 14.3 Å². The van der Waals surface area contributed by atoms with E-state index in [1.807, 2.05) is 0 Å². The smallest absolute Gasteiger partial charge is 0.308 e. The highest BCUT2D eigenvalue weighted by Crippen LogP contribution is 2.32. The quantitative estimate of drug-likeness (QED) is 0.422. The van der Waals surface area contributed by atoms with Crippen LogP contribution in [0.25, 0.3) is 0 Å². The van der Waals surface area contributed by atoms with Crippen LogP contribution in [0.15, 0.2) is 0 Å². The van der Waals surface area contributed by atoms with Gasteiger partial charge in [0.2, 0.25) is 0 Å². The molecule has 1 saturated heterocycles. The number of halogens is 2. The molecule has 0 aromatic carbocycles. The largest absolute Gasteiger partial charge is 0.465 e. The molecular weight excluding hydrogens is 251 g/mol. The number of carbonyl (C=O) groups is 2. The van der Waals surface area contributed by atoms with Crippen LogP contribution in [0.1, 0.15) is 38.5 Å². The van der Waals surface area contributed by atoms with Gasteiger partial charge in [-0.15, -0.1) is 23.2 Å². The lowest BCUT2D eigenvalue weighted by Crippen LogP contribution is -2.24. The van der Waals surface area contributed by atoms with Gasteiger partial charge in [0.15, 0.2) is 0 Å². The summed E-state index contributed by atoms with van der Waals surface area (Å²) in [5.74, 6) is -0.134. The number of alkyl halides is 2. The first-order chi connectivity index (χ1) is 7.55. The van der Waals surface area contributed by atoms with Crippen LogP contribution in [0.4, 0.5) is 0 Å². The van der Waals surface area contributed by atoms with Crippen molar-refractivity contribution in [3.8, 4) is 0 Å². The zero-order valence-electron chi connectivity index (χ0n) is 9.09. The lowest BCUT2D eigenvalue weighted by atomic mass is 9.94. The van der Waals surface area contributed by atoms with Gasteiger partial charge in [0.1, 0.15) is 10.6 Å². The van der Waals surface area contributed by atoms with E-state index in [4.69, 9.17) is 27.9 Å². The van der Waals surface area contributed by atoms with Crippen LogP contribution in [0, 0.1) is 5.92 Å². The van der Waals surface area contributed by atoms with Crippen LogP contribution in [0.2, 0.25) is 0 Å². The number of hydrogen-bond donors (Lipinski definition) is 0. The predicted molar refractivity (Wildman–Crippen MR) is 62.7 cm³/mol. The van der Waals surface area contributed by atoms with Crippen molar-refractivity contribution in [1.29, 1.82) is 0 Å². The monoisotopic (exact) mass is 266 g/mol. The molecule has 92 valence electrons. The summed E-state index contributed by atoms with van der Waals surface area (Å²) in [6, 6.07) is 0. The fraction of sp³-hybridized carbons (Fsp3) is 0.818. The number of rotatable bonds is 6. The van der Waals surface area contributed by atoms with Crippen molar-refractivity contribution in [2.24, 2.45) is 5.92 Å². The van der Waals surface area contributed by atoms with Crippen LogP contribution in [-0.4, -0.2) is 23.2 Å². The van der Waals surface area contributed by atoms with Crippen molar-refractivity contribution in [2.75, 3.05) is 6.61 Å². The molecule has 0 spiro atoms. The molecule has 16 heavy (non-hydrogen) atoms. The first-order valence-corrected chi connectivity index (χ1v) is 6.29. The molecule has 5 heteroatoms. The number of aldehydes is 1. The standard InChI is InChI=1S/C11H16Cl2O3/c12-11(13,6-7-14)5-1-3-9-4-2-8-16-10(9)15/h7,9H,1-6,8H2. The van der Waals surface area contributed by atoms with Crippen LogP contribution in [-0.2, 0) is 14.3 Å². The molecule has 1 heterocycles. The molecule has 0 aliphatic carbocycles. The van der Waals surface area contributed by atoms with E-state index in [1.165, 1.54) is 0 Å². The van der Waals surface area contributed by atoms with Crippen LogP contribution in [0.3, 0.4) is 0 Å². The highest BCUT2D eigenvalue weighted by molar-refractivity contribution is 6.48. The first-order valence-electron chi connectivity index (χ1n) is 5.53. The molecule has 0 radical (unpaired) electrons. The van der Waals surface area contributed by atoms with Gasteiger partial charge in [-0.05, 0) is 32.1 Å². The maximum atomic E-state index is 11.3. The second-order valence-electron chi connectivity index (χ2n) is 4.13. The third-order valence-corrected chi connectivity index (χ3v) is 3.44. The molecule has 0 aromatic heterocycles. The number of esters is 1. The van der Waals surface area contributed by atoms with Gasteiger partial charge in [0, 0.05) is 6.42 Å². The SMILES string of the molecule is O=CCC(Cl)(Cl)CCCC1CCCOC1=O. The highest BCUT2D eigenvalue weighted by atomic mass is 35.5. The van der Waals surface area contributed by atoms with Crippen LogP contribution in [0.5, 0.6) is 0 Å². The lowest BCUT2D eigenvalue weighted by Gasteiger charge is -2.22. The third-order valence-electron chi connectivity index (χ3n) is 2.75. The molecule has 0 amide bonds. The summed E-state index contributed by atoms with van der Waals surface area (Å²) in [6.07, 6.45) is 4.65. The van der Waals surface area contributed by atoms with Gasteiger partial charge in [-0.3, -0.25) is 4.79 Å². The molecule has 3 nitrogen and oxygen atoms in total. The van der Waals surface area contributed by atoms with E-state index >= 15 is 0 Å². The van der Waals surface area contributed by atoms with Crippen LogP contribution >= 0.6 is 23.2 Å². The Kier molecular flexibility index (Phi) is 5.56. The number of cyclic esters (lactones) is 1. The average Bonchev–Trinajstić information content (AvgIpc) is 2.20. The predicted octanol–water partition coefficient (Wildman–Crippen LogP) is 2.87. The molecule has 0 bridgehead atoms.